The van der Waals surface area contributed by atoms with Crippen LogP contribution in [-0.4, -0.2) is 35.7 Å². The lowest BCUT2D eigenvalue weighted by atomic mass is 10.1. The molecule has 0 bridgehead atoms. The number of ether oxygens (including phenoxy) is 2. The van der Waals surface area contributed by atoms with Gasteiger partial charge >= 0.3 is 0 Å². The molecule has 3 rings (SSSR count). The van der Waals surface area contributed by atoms with E-state index in [0.29, 0.717) is 28.6 Å². The maximum atomic E-state index is 12.6. The predicted molar refractivity (Wildman–Crippen MR) is 106 cm³/mol. The van der Waals surface area contributed by atoms with Crippen LogP contribution in [0, 0.1) is 18.3 Å². The second-order valence-electron chi connectivity index (χ2n) is 6.47. The Labute approximate surface area is 167 Å². The minimum Gasteiger partial charge on any atom is -0.494 e. The fraction of sp³-hybridized carbons (Fsp3) is 0.350. The fourth-order valence-electron chi connectivity index (χ4n) is 3.19. The molecule has 1 fully saturated rings. The number of nitriles is 1. The summed E-state index contributed by atoms with van der Waals surface area (Å²) < 4.78 is 12.0. The van der Waals surface area contributed by atoms with E-state index < -0.39 is 5.56 Å². The second-order valence-corrected chi connectivity index (χ2v) is 6.91. The molecule has 2 heterocycles. The van der Waals surface area contributed by atoms with E-state index >= 15 is 0 Å². The van der Waals surface area contributed by atoms with Crippen LogP contribution in [0.1, 0.15) is 29.5 Å². The van der Waals surface area contributed by atoms with E-state index in [4.69, 9.17) is 21.1 Å². The summed E-state index contributed by atoms with van der Waals surface area (Å²) in [7, 11) is 1.51. The molecule has 1 aliphatic rings. The number of aliphatic imine (C=N–C) groups is 1. The molecule has 1 N–H and O–H groups in total. The van der Waals surface area contributed by atoms with Crippen LogP contribution in [0.5, 0.6) is 11.6 Å². The molecular weight excluding hydrogens is 382 g/mol. The van der Waals surface area contributed by atoms with E-state index in [9.17, 15) is 15.2 Å². The van der Waals surface area contributed by atoms with Crippen LogP contribution in [0.15, 0.2) is 28.0 Å². The van der Waals surface area contributed by atoms with Gasteiger partial charge in [0.1, 0.15) is 23.1 Å². The molecule has 0 spiro atoms. The van der Waals surface area contributed by atoms with E-state index in [0.717, 1.165) is 12.8 Å². The molecule has 1 aromatic carbocycles. The number of hydrogen-bond acceptors (Lipinski definition) is 6. The quantitative estimate of drug-likeness (QED) is 0.775. The Morgan fingerprint density at radius 3 is 2.96 bits per heavy atom. The van der Waals surface area contributed by atoms with Crippen LogP contribution in [0.25, 0.3) is 0 Å². The van der Waals surface area contributed by atoms with Crippen molar-refractivity contribution in [3.8, 4) is 17.7 Å². The van der Waals surface area contributed by atoms with E-state index in [2.05, 4.69) is 4.99 Å². The lowest BCUT2D eigenvalue weighted by molar-refractivity contribution is 0.0938. The Kier molecular flexibility index (Phi) is 6.02. The zero-order valence-corrected chi connectivity index (χ0v) is 16.4. The minimum atomic E-state index is -0.537. The Hall–Kier alpha value is -2.82. The summed E-state index contributed by atoms with van der Waals surface area (Å²) in [6.07, 6.45) is 2.94. The molecule has 0 saturated carbocycles. The molecule has 0 amide bonds. The molecule has 1 atom stereocenters. The largest absolute Gasteiger partial charge is 0.494 e. The Balaban J connectivity index is 2.09. The molecule has 7 nitrogen and oxygen atoms in total. The molecule has 0 radical (unpaired) electrons. The summed E-state index contributed by atoms with van der Waals surface area (Å²) in [5.41, 5.74) is 0.541. The summed E-state index contributed by atoms with van der Waals surface area (Å²) in [5.74, 6) is 0.257. The number of pyridine rings is 1. The Morgan fingerprint density at radius 1 is 1.54 bits per heavy atom. The number of halogens is 1. The normalized spacial score (nSPS) is 16.4. The third kappa shape index (κ3) is 3.88. The summed E-state index contributed by atoms with van der Waals surface area (Å²) in [6.45, 7) is 2.41. The second kappa shape index (κ2) is 8.46. The van der Waals surface area contributed by atoms with Crippen LogP contribution >= 0.6 is 11.6 Å². The Morgan fingerprint density at radius 2 is 2.32 bits per heavy atom. The predicted octanol–water partition coefficient (Wildman–Crippen LogP) is 3.33. The minimum absolute atomic E-state index is 0.0321. The molecular formula is C20H20ClN3O4. The molecule has 1 unspecified atom stereocenters. The number of rotatable bonds is 5. The van der Waals surface area contributed by atoms with Gasteiger partial charge in [-0.2, -0.15) is 5.26 Å². The van der Waals surface area contributed by atoms with Crippen LogP contribution in [-0.2, 0) is 11.3 Å². The van der Waals surface area contributed by atoms with Gasteiger partial charge in [0.05, 0.1) is 25.3 Å². The van der Waals surface area contributed by atoms with Crippen molar-refractivity contribution in [2.75, 3.05) is 13.7 Å². The molecule has 1 aromatic heterocycles. The average Bonchev–Trinajstić information content (AvgIpc) is 3.19. The smallest absolute Gasteiger partial charge is 0.271 e. The highest BCUT2D eigenvalue weighted by Crippen LogP contribution is 2.31. The zero-order valence-electron chi connectivity index (χ0n) is 15.6. The van der Waals surface area contributed by atoms with Gasteiger partial charge < -0.3 is 14.6 Å². The summed E-state index contributed by atoms with van der Waals surface area (Å²) >= 11 is 6.03. The van der Waals surface area contributed by atoms with Crippen molar-refractivity contribution >= 4 is 23.5 Å². The van der Waals surface area contributed by atoms with Crippen molar-refractivity contribution in [1.82, 2.24) is 4.57 Å². The molecule has 8 heteroatoms. The molecule has 0 aliphatic carbocycles. The third-order valence-electron chi connectivity index (χ3n) is 4.73. The van der Waals surface area contributed by atoms with Crippen molar-refractivity contribution < 1.29 is 14.6 Å². The van der Waals surface area contributed by atoms with Crippen molar-refractivity contribution in [2.24, 2.45) is 4.99 Å². The van der Waals surface area contributed by atoms with Gasteiger partial charge in [0.2, 0.25) is 5.88 Å². The van der Waals surface area contributed by atoms with E-state index in [1.165, 1.54) is 17.9 Å². The number of aromatic hydroxyl groups is 1. The van der Waals surface area contributed by atoms with Gasteiger partial charge in [-0.25, -0.2) is 0 Å². The van der Waals surface area contributed by atoms with E-state index in [1.807, 2.05) is 6.07 Å². The van der Waals surface area contributed by atoms with E-state index in [-0.39, 0.29) is 29.7 Å². The maximum Gasteiger partial charge on any atom is 0.271 e. The highest BCUT2D eigenvalue weighted by atomic mass is 35.5. The highest BCUT2D eigenvalue weighted by Gasteiger charge is 2.23. The van der Waals surface area contributed by atoms with Gasteiger partial charge in [-0.15, -0.1) is 0 Å². The van der Waals surface area contributed by atoms with Crippen molar-refractivity contribution in [2.45, 2.75) is 32.4 Å². The number of aromatic nitrogens is 1. The standard InChI is InChI=1S/C20H20ClN3O4/c1-12-15(9-22)19(25)24(11-14-4-3-7-28-14)20(26)16(12)10-23-17-8-13(21)5-6-18(17)27-2/h5-6,8,10,14,26H,3-4,7,11H2,1-2H3. The van der Waals surface area contributed by atoms with Crippen LogP contribution in [0.2, 0.25) is 5.02 Å². The van der Waals surface area contributed by atoms with Crippen LogP contribution in [0.4, 0.5) is 5.69 Å². The van der Waals surface area contributed by atoms with Gasteiger partial charge in [-0.05, 0) is 43.5 Å². The fourth-order valence-corrected chi connectivity index (χ4v) is 3.35. The summed E-state index contributed by atoms with van der Waals surface area (Å²) in [5, 5.41) is 20.7. The molecule has 1 saturated heterocycles. The lowest BCUT2D eigenvalue weighted by Gasteiger charge is -2.17. The molecule has 1 aliphatic heterocycles. The topological polar surface area (TPSA) is 96.8 Å². The van der Waals surface area contributed by atoms with Crippen LogP contribution in [0.3, 0.4) is 0 Å². The first-order valence-corrected chi connectivity index (χ1v) is 9.19. The molecule has 146 valence electrons. The number of hydrogen-bond donors (Lipinski definition) is 1. The van der Waals surface area contributed by atoms with Crippen molar-refractivity contribution in [3.05, 3.63) is 50.3 Å². The zero-order chi connectivity index (χ0) is 20.3. The SMILES string of the molecule is COc1ccc(Cl)cc1N=Cc1c(C)c(C#N)c(=O)n(CC2CCCO2)c1O. The van der Waals surface area contributed by atoms with Crippen molar-refractivity contribution in [3.63, 3.8) is 0 Å². The van der Waals surface area contributed by atoms with Gasteiger partial charge in [0.15, 0.2) is 0 Å². The monoisotopic (exact) mass is 401 g/mol. The first-order chi connectivity index (χ1) is 13.5. The van der Waals surface area contributed by atoms with Gasteiger partial charge in [-0.3, -0.25) is 14.4 Å². The maximum absolute atomic E-state index is 12.6. The van der Waals surface area contributed by atoms with Gasteiger partial charge in [0, 0.05) is 17.8 Å². The first-order valence-electron chi connectivity index (χ1n) is 8.82. The van der Waals surface area contributed by atoms with Crippen molar-refractivity contribution in [1.29, 1.82) is 5.26 Å². The molecule has 28 heavy (non-hydrogen) atoms. The number of methoxy groups -OCH3 is 1. The van der Waals surface area contributed by atoms with Crippen LogP contribution < -0.4 is 10.3 Å². The number of nitrogens with zero attached hydrogens (tertiary/aromatic N) is 3. The van der Waals surface area contributed by atoms with Gasteiger partial charge in [0.25, 0.3) is 5.56 Å². The summed E-state index contributed by atoms with van der Waals surface area (Å²) in [6, 6.07) is 6.92. The summed E-state index contributed by atoms with van der Waals surface area (Å²) in [4.78, 5) is 17.0. The third-order valence-corrected chi connectivity index (χ3v) is 4.97. The average molecular weight is 402 g/mol. The number of benzene rings is 1. The first kappa shape index (κ1) is 19.9. The Bertz CT molecular complexity index is 1020. The molecule has 2 aromatic rings. The van der Waals surface area contributed by atoms with E-state index in [1.54, 1.807) is 25.1 Å². The highest BCUT2D eigenvalue weighted by molar-refractivity contribution is 6.30. The van der Waals surface area contributed by atoms with Gasteiger partial charge in [-0.1, -0.05) is 11.6 Å². The lowest BCUT2D eigenvalue weighted by Crippen LogP contribution is -2.29.